The van der Waals surface area contributed by atoms with Gasteiger partial charge in [0.15, 0.2) is 0 Å². The molecule has 0 aromatic carbocycles. The Morgan fingerprint density at radius 2 is 1.73 bits per heavy atom. The van der Waals surface area contributed by atoms with E-state index in [9.17, 15) is 4.79 Å². The number of amides is 1. The quantitative estimate of drug-likeness (QED) is 0.776. The number of piperidine rings is 3. The second-order valence-corrected chi connectivity index (χ2v) is 9.31. The third-order valence-corrected chi connectivity index (χ3v) is 7.53. The number of aromatic nitrogens is 1. The molecule has 6 heteroatoms. The Kier molecular flexibility index (Phi) is 7.74. The molecule has 4 rings (SSSR count). The van der Waals surface area contributed by atoms with Gasteiger partial charge in [-0.2, -0.15) is 0 Å². The Balaban J connectivity index is 1.21. The minimum Gasteiger partial charge on any atom is -0.350 e. The average molecular weight is 414 g/mol. The third kappa shape index (κ3) is 5.59. The normalized spacial score (nSPS) is 26.0. The number of hydrogen-bond acceptors (Lipinski definition) is 5. The fourth-order valence-electron chi connectivity index (χ4n) is 5.59. The molecule has 3 aliphatic heterocycles. The number of rotatable bonds is 6. The molecule has 1 atom stereocenters. The van der Waals surface area contributed by atoms with Crippen LogP contribution in [0.4, 0.5) is 0 Å². The number of nitrogens with one attached hydrogen (secondary N) is 1. The molecule has 1 amide bonds. The molecule has 1 aromatic rings. The minimum atomic E-state index is 0.124. The second-order valence-electron chi connectivity index (χ2n) is 9.31. The predicted molar refractivity (Wildman–Crippen MR) is 120 cm³/mol. The van der Waals surface area contributed by atoms with Gasteiger partial charge in [-0.1, -0.05) is 13.0 Å². The van der Waals surface area contributed by atoms with Crippen molar-refractivity contribution in [2.75, 3.05) is 45.8 Å². The maximum absolute atomic E-state index is 12.7. The zero-order valence-corrected chi connectivity index (χ0v) is 18.6. The Bertz CT molecular complexity index is 653. The molecule has 0 radical (unpaired) electrons. The molecule has 1 aromatic heterocycles. The SMILES string of the molecule is CCN1CCC(N2CCC(N3CCC[C@@H](C(=O)NCc4ccccn4)C3)CC2)CC1. The van der Waals surface area contributed by atoms with E-state index in [0.717, 1.165) is 37.7 Å². The summed E-state index contributed by atoms with van der Waals surface area (Å²) in [6.45, 7) is 11.1. The van der Waals surface area contributed by atoms with E-state index in [1.807, 2.05) is 18.2 Å². The molecule has 3 fully saturated rings. The van der Waals surface area contributed by atoms with Gasteiger partial charge in [-0.25, -0.2) is 0 Å². The van der Waals surface area contributed by atoms with Gasteiger partial charge in [-0.05, 0) is 89.9 Å². The standard InChI is InChI=1S/C24H39N5O/c1-2-27-14-8-22(9-15-27)28-16-10-23(11-17-28)29-13-5-6-20(19-29)24(30)26-18-21-7-3-4-12-25-21/h3-4,7,12,20,22-23H,2,5-6,8-11,13-19H2,1H3,(H,26,30)/t20-/m1/s1. The second kappa shape index (κ2) is 10.7. The van der Waals surface area contributed by atoms with Gasteiger partial charge in [0.05, 0.1) is 18.2 Å². The van der Waals surface area contributed by atoms with Crippen LogP contribution in [-0.4, -0.2) is 83.5 Å². The molecule has 1 N–H and O–H groups in total. The van der Waals surface area contributed by atoms with Gasteiger partial charge in [0, 0.05) is 24.8 Å². The van der Waals surface area contributed by atoms with E-state index < -0.39 is 0 Å². The largest absolute Gasteiger partial charge is 0.350 e. The van der Waals surface area contributed by atoms with Gasteiger partial charge in [-0.15, -0.1) is 0 Å². The number of pyridine rings is 1. The van der Waals surface area contributed by atoms with Crippen LogP contribution in [0.1, 0.15) is 51.1 Å². The average Bonchev–Trinajstić information content (AvgIpc) is 2.83. The highest BCUT2D eigenvalue weighted by Gasteiger charge is 2.33. The molecule has 4 heterocycles. The van der Waals surface area contributed by atoms with E-state index in [1.165, 1.54) is 58.4 Å². The van der Waals surface area contributed by atoms with Crippen LogP contribution in [0.3, 0.4) is 0 Å². The summed E-state index contributed by atoms with van der Waals surface area (Å²) < 4.78 is 0. The van der Waals surface area contributed by atoms with Crippen LogP contribution in [0.5, 0.6) is 0 Å². The van der Waals surface area contributed by atoms with Gasteiger partial charge < -0.3 is 15.1 Å². The number of hydrogen-bond donors (Lipinski definition) is 1. The maximum atomic E-state index is 12.7. The van der Waals surface area contributed by atoms with Crippen molar-refractivity contribution in [3.05, 3.63) is 30.1 Å². The minimum absolute atomic E-state index is 0.124. The lowest BCUT2D eigenvalue weighted by Gasteiger charge is -2.45. The summed E-state index contributed by atoms with van der Waals surface area (Å²) in [4.78, 5) is 25.0. The topological polar surface area (TPSA) is 51.7 Å². The van der Waals surface area contributed by atoms with E-state index in [4.69, 9.17) is 0 Å². The van der Waals surface area contributed by atoms with Gasteiger partial charge in [0.1, 0.15) is 0 Å². The molecule has 30 heavy (non-hydrogen) atoms. The van der Waals surface area contributed by atoms with Crippen molar-refractivity contribution in [3.8, 4) is 0 Å². The van der Waals surface area contributed by atoms with Gasteiger partial charge in [-0.3, -0.25) is 14.7 Å². The summed E-state index contributed by atoms with van der Waals surface area (Å²) in [5.41, 5.74) is 0.927. The fraction of sp³-hybridized carbons (Fsp3) is 0.750. The lowest BCUT2D eigenvalue weighted by Crippen LogP contribution is -2.53. The molecular weight excluding hydrogens is 374 g/mol. The molecule has 0 unspecified atom stereocenters. The number of likely N-dealkylation sites (tertiary alicyclic amines) is 3. The highest BCUT2D eigenvalue weighted by molar-refractivity contribution is 5.78. The van der Waals surface area contributed by atoms with Gasteiger partial charge in [0.25, 0.3) is 0 Å². The third-order valence-electron chi connectivity index (χ3n) is 7.53. The molecule has 0 saturated carbocycles. The molecule has 3 saturated heterocycles. The molecule has 3 aliphatic rings. The van der Waals surface area contributed by atoms with Crippen molar-refractivity contribution in [2.45, 2.75) is 64.1 Å². The summed E-state index contributed by atoms with van der Waals surface area (Å²) in [5, 5.41) is 3.11. The fourth-order valence-corrected chi connectivity index (χ4v) is 5.59. The highest BCUT2D eigenvalue weighted by Crippen LogP contribution is 2.27. The Morgan fingerprint density at radius 1 is 1.00 bits per heavy atom. The van der Waals surface area contributed by atoms with Crippen LogP contribution in [0.15, 0.2) is 24.4 Å². The first-order chi connectivity index (χ1) is 14.7. The van der Waals surface area contributed by atoms with Crippen LogP contribution in [0.2, 0.25) is 0 Å². The predicted octanol–water partition coefficient (Wildman–Crippen LogP) is 2.36. The van der Waals surface area contributed by atoms with Crippen LogP contribution < -0.4 is 5.32 Å². The maximum Gasteiger partial charge on any atom is 0.224 e. The number of carbonyl (C=O) groups excluding carboxylic acids is 1. The van der Waals surface area contributed by atoms with Crippen molar-refractivity contribution in [2.24, 2.45) is 5.92 Å². The van der Waals surface area contributed by atoms with Gasteiger partial charge >= 0.3 is 0 Å². The first kappa shape index (κ1) is 21.7. The van der Waals surface area contributed by atoms with E-state index >= 15 is 0 Å². The number of carbonyl (C=O) groups is 1. The smallest absolute Gasteiger partial charge is 0.224 e. The molecule has 166 valence electrons. The summed E-state index contributed by atoms with van der Waals surface area (Å²) in [6, 6.07) is 7.29. The van der Waals surface area contributed by atoms with Crippen LogP contribution in [0.25, 0.3) is 0 Å². The van der Waals surface area contributed by atoms with Crippen molar-refractivity contribution >= 4 is 5.91 Å². The molecule has 0 aliphatic carbocycles. The Hall–Kier alpha value is -1.50. The first-order valence-electron chi connectivity index (χ1n) is 12.1. The summed E-state index contributed by atoms with van der Waals surface area (Å²) in [5.74, 6) is 0.323. The summed E-state index contributed by atoms with van der Waals surface area (Å²) >= 11 is 0. The molecule has 6 nitrogen and oxygen atoms in total. The Morgan fingerprint density at radius 3 is 2.43 bits per heavy atom. The van der Waals surface area contributed by atoms with E-state index in [1.54, 1.807) is 6.20 Å². The monoisotopic (exact) mass is 413 g/mol. The van der Waals surface area contributed by atoms with Crippen molar-refractivity contribution < 1.29 is 4.79 Å². The van der Waals surface area contributed by atoms with Crippen molar-refractivity contribution in [1.82, 2.24) is 25.0 Å². The summed E-state index contributed by atoms with van der Waals surface area (Å²) in [6.07, 6.45) is 9.12. The molecular formula is C24H39N5O. The van der Waals surface area contributed by atoms with E-state index in [-0.39, 0.29) is 11.8 Å². The zero-order chi connectivity index (χ0) is 20.8. The Labute approximate surface area is 182 Å². The summed E-state index contributed by atoms with van der Waals surface area (Å²) in [7, 11) is 0. The number of nitrogens with zero attached hydrogens (tertiary/aromatic N) is 4. The highest BCUT2D eigenvalue weighted by atomic mass is 16.1. The van der Waals surface area contributed by atoms with Crippen LogP contribution >= 0.6 is 0 Å². The first-order valence-corrected chi connectivity index (χ1v) is 12.1. The molecule has 0 bridgehead atoms. The van der Waals surface area contributed by atoms with Crippen molar-refractivity contribution in [1.29, 1.82) is 0 Å². The van der Waals surface area contributed by atoms with Crippen LogP contribution in [-0.2, 0) is 11.3 Å². The molecule has 0 spiro atoms. The zero-order valence-electron chi connectivity index (χ0n) is 18.6. The lowest BCUT2D eigenvalue weighted by atomic mass is 9.92. The lowest BCUT2D eigenvalue weighted by molar-refractivity contribution is -0.127. The van der Waals surface area contributed by atoms with E-state index in [2.05, 4.69) is 31.9 Å². The van der Waals surface area contributed by atoms with Gasteiger partial charge in [0.2, 0.25) is 5.91 Å². The van der Waals surface area contributed by atoms with Crippen molar-refractivity contribution in [3.63, 3.8) is 0 Å². The van der Waals surface area contributed by atoms with E-state index in [0.29, 0.717) is 12.6 Å². The van der Waals surface area contributed by atoms with Crippen LogP contribution in [0, 0.1) is 5.92 Å².